The first-order valence-corrected chi connectivity index (χ1v) is 13.5. The van der Waals surface area contributed by atoms with E-state index in [0.717, 1.165) is 60.3 Å². The number of carbonyl (C=O) groups is 2. The van der Waals surface area contributed by atoms with Crippen LogP contribution in [0, 0.1) is 6.92 Å². The van der Waals surface area contributed by atoms with Crippen molar-refractivity contribution < 1.29 is 9.59 Å². The summed E-state index contributed by atoms with van der Waals surface area (Å²) in [4.78, 5) is 31.7. The number of aryl methyl sites for hydroxylation is 1. The summed E-state index contributed by atoms with van der Waals surface area (Å²) in [5.74, 6) is -0.342. The number of aromatic nitrogens is 4. The zero-order valence-corrected chi connectivity index (χ0v) is 23.6. The van der Waals surface area contributed by atoms with Crippen LogP contribution in [0.4, 0.5) is 5.69 Å². The van der Waals surface area contributed by atoms with Gasteiger partial charge in [0.25, 0.3) is 5.91 Å². The van der Waals surface area contributed by atoms with Crippen LogP contribution in [0.25, 0.3) is 11.1 Å². The van der Waals surface area contributed by atoms with Crippen LogP contribution in [0.5, 0.6) is 0 Å². The Bertz CT molecular complexity index is 1360. The summed E-state index contributed by atoms with van der Waals surface area (Å²) in [5, 5.41) is 14.2. The third-order valence-corrected chi connectivity index (χ3v) is 7.04. The molecule has 0 bridgehead atoms. The van der Waals surface area contributed by atoms with Crippen molar-refractivity contribution in [3.05, 3.63) is 71.8 Å². The van der Waals surface area contributed by atoms with Gasteiger partial charge in [0.2, 0.25) is 5.91 Å². The minimum atomic E-state index is -0.250. The van der Waals surface area contributed by atoms with Gasteiger partial charge < -0.3 is 15.5 Å². The van der Waals surface area contributed by atoms with Gasteiger partial charge in [-0.2, -0.15) is 0 Å². The number of benzene rings is 1. The van der Waals surface area contributed by atoms with Crippen molar-refractivity contribution in [2.24, 2.45) is 0 Å². The lowest BCUT2D eigenvalue weighted by molar-refractivity contribution is -0.118. The molecule has 4 rings (SSSR count). The van der Waals surface area contributed by atoms with E-state index < -0.39 is 0 Å². The Kier molecular flexibility index (Phi) is 8.47. The first-order chi connectivity index (χ1) is 18.5. The molecule has 1 aliphatic rings. The molecule has 1 atom stereocenters. The highest BCUT2D eigenvalue weighted by Crippen LogP contribution is 2.32. The monoisotopic (exact) mass is 529 g/mol. The number of nitrogens with one attached hydrogen (secondary N) is 2. The second-order valence-electron chi connectivity index (χ2n) is 11.3. The zero-order chi connectivity index (χ0) is 28.2. The van der Waals surface area contributed by atoms with Crippen molar-refractivity contribution >= 4 is 17.5 Å². The number of pyridine rings is 1. The molecule has 3 heterocycles. The number of carbonyl (C=O) groups excluding carboxylic acids is 2. The van der Waals surface area contributed by atoms with Gasteiger partial charge in [-0.1, -0.05) is 30.0 Å². The topological polar surface area (TPSA) is 105 Å². The van der Waals surface area contributed by atoms with Gasteiger partial charge >= 0.3 is 0 Å². The highest BCUT2D eigenvalue weighted by molar-refractivity contribution is 5.92. The smallest absolute Gasteiger partial charge is 0.273 e. The van der Waals surface area contributed by atoms with Gasteiger partial charge in [-0.05, 0) is 76.6 Å². The fourth-order valence-electron chi connectivity index (χ4n) is 4.69. The predicted molar refractivity (Wildman–Crippen MR) is 153 cm³/mol. The van der Waals surface area contributed by atoms with Crippen molar-refractivity contribution in [3.8, 4) is 11.1 Å². The maximum atomic E-state index is 12.7. The quantitative estimate of drug-likeness (QED) is 0.440. The summed E-state index contributed by atoms with van der Waals surface area (Å²) >= 11 is 0. The number of rotatable bonds is 7. The first kappa shape index (κ1) is 28.0. The van der Waals surface area contributed by atoms with Crippen molar-refractivity contribution in [2.45, 2.75) is 72.0 Å². The van der Waals surface area contributed by atoms with Crippen molar-refractivity contribution in [1.82, 2.24) is 30.6 Å². The molecule has 2 amide bonds. The van der Waals surface area contributed by atoms with Gasteiger partial charge in [0.1, 0.15) is 0 Å². The molecule has 0 spiro atoms. The molecule has 1 fully saturated rings. The van der Waals surface area contributed by atoms with E-state index in [1.165, 1.54) is 0 Å². The van der Waals surface area contributed by atoms with Crippen LogP contribution in [0.15, 0.2) is 55.0 Å². The molecule has 1 aromatic carbocycles. The first-order valence-electron chi connectivity index (χ1n) is 13.5. The van der Waals surface area contributed by atoms with E-state index in [9.17, 15) is 9.59 Å². The third kappa shape index (κ3) is 6.90. The average Bonchev–Trinajstić information content (AvgIpc) is 3.30. The molecule has 9 nitrogen and oxygen atoms in total. The van der Waals surface area contributed by atoms with Crippen LogP contribution in [0.3, 0.4) is 0 Å². The van der Waals surface area contributed by atoms with E-state index in [1.54, 1.807) is 17.8 Å². The van der Waals surface area contributed by atoms with Crippen molar-refractivity contribution in [1.29, 1.82) is 0 Å². The zero-order valence-electron chi connectivity index (χ0n) is 23.6. The molecule has 1 aliphatic heterocycles. The fourth-order valence-corrected chi connectivity index (χ4v) is 4.69. The molecule has 39 heavy (non-hydrogen) atoms. The SMILES string of the molecule is C=C(C)C(=O)N[C@@H]1CCCCN(c2cnccc2-c2ccc(CNC(=O)c3cn(C(C)(C)C)nn3)c(C)c2)C1. The second kappa shape index (κ2) is 11.8. The molecular weight excluding hydrogens is 490 g/mol. The Hall–Kier alpha value is -4.01. The molecule has 1 saturated heterocycles. The molecule has 0 radical (unpaired) electrons. The van der Waals surface area contributed by atoms with E-state index in [4.69, 9.17) is 0 Å². The number of anilines is 1. The maximum Gasteiger partial charge on any atom is 0.273 e. The number of hydrogen-bond donors (Lipinski definition) is 2. The van der Waals surface area contributed by atoms with Crippen LogP contribution >= 0.6 is 0 Å². The Morgan fingerprint density at radius 3 is 2.67 bits per heavy atom. The van der Waals surface area contributed by atoms with Crippen molar-refractivity contribution in [3.63, 3.8) is 0 Å². The molecule has 2 aromatic heterocycles. The Labute approximate surface area is 230 Å². The van der Waals surface area contributed by atoms with Gasteiger partial charge in [-0.25, -0.2) is 4.68 Å². The van der Waals surface area contributed by atoms with Gasteiger partial charge in [0, 0.05) is 43.0 Å². The van der Waals surface area contributed by atoms with Gasteiger partial charge in [-0.3, -0.25) is 14.6 Å². The molecule has 0 unspecified atom stereocenters. The Morgan fingerprint density at radius 1 is 1.18 bits per heavy atom. The minimum absolute atomic E-state index is 0.0578. The van der Waals surface area contributed by atoms with E-state index >= 15 is 0 Å². The largest absolute Gasteiger partial charge is 0.368 e. The van der Waals surface area contributed by atoms with E-state index in [-0.39, 0.29) is 23.4 Å². The molecule has 0 aliphatic carbocycles. The number of amides is 2. The summed E-state index contributed by atoms with van der Waals surface area (Å²) in [7, 11) is 0. The van der Waals surface area contributed by atoms with Crippen LogP contribution in [0.2, 0.25) is 0 Å². The Balaban J connectivity index is 1.48. The molecule has 206 valence electrons. The number of hydrogen-bond acceptors (Lipinski definition) is 6. The molecule has 9 heteroatoms. The normalized spacial score (nSPS) is 15.9. The van der Waals surface area contributed by atoms with Crippen LogP contribution in [-0.2, 0) is 16.9 Å². The van der Waals surface area contributed by atoms with Crippen LogP contribution < -0.4 is 15.5 Å². The summed E-state index contributed by atoms with van der Waals surface area (Å²) in [6.07, 6.45) is 8.44. The standard InChI is InChI=1S/C30H39N7O2/c1-20(2)28(38)33-24-9-7-8-14-36(18-24)27-17-31-13-12-25(27)22-10-11-23(21(3)15-22)16-32-29(39)26-19-37(35-34-26)30(4,5)6/h10-13,15,17,19,24H,1,7-9,14,16,18H2,2-6H3,(H,32,39)(H,33,38)/t24-/m1/s1. The highest BCUT2D eigenvalue weighted by Gasteiger charge is 2.23. The predicted octanol–water partition coefficient (Wildman–Crippen LogP) is 4.38. The maximum absolute atomic E-state index is 12.7. The third-order valence-electron chi connectivity index (χ3n) is 7.04. The highest BCUT2D eigenvalue weighted by atomic mass is 16.2. The summed E-state index contributed by atoms with van der Waals surface area (Å²) in [6.45, 7) is 15.6. The summed E-state index contributed by atoms with van der Waals surface area (Å²) in [6, 6.07) is 8.38. The van der Waals surface area contributed by atoms with E-state index in [2.05, 4.69) is 62.5 Å². The average molecular weight is 530 g/mol. The van der Waals surface area contributed by atoms with Gasteiger partial charge in [0.15, 0.2) is 5.69 Å². The minimum Gasteiger partial charge on any atom is -0.368 e. The number of nitrogens with zero attached hydrogens (tertiary/aromatic N) is 5. The molecule has 0 saturated carbocycles. The van der Waals surface area contributed by atoms with Gasteiger partial charge in [-0.15, -0.1) is 5.10 Å². The van der Waals surface area contributed by atoms with Crippen molar-refractivity contribution in [2.75, 3.05) is 18.0 Å². The lowest BCUT2D eigenvalue weighted by Gasteiger charge is -2.29. The molecule has 2 N–H and O–H groups in total. The van der Waals surface area contributed by atoms with Gasteiger partial charge in [0.05, 0.1) is 23.6 Å². The lowest BCUT2D eigenvalue weighted by atomic mass is 9.99. The second-order valence-corrected chi connectivity index (χ2v) is 11.3. The summed E-state index contributed by atoms with van der Waals surface area (Å²) < 4.78 is 1.69. The van der Waals surface area contributed by atoms with Crippen LogP contribution in [0.1, 0.15) is 68.6 Å². The van der Waals surface area contributed by atoms with Crippen LogP contribution in [-0.4, -0.2) is 50.9 Å². The Morgan fingerprint density at radius 2 is 1.97 bits per heavy atom. The summed E-state index contributed by atoms with van der Waals surface area (Å²) in [5.41, 5.74) is 5.92. The van der Waals surface area contributed by atoms with E-state index in [0.29, 0.717) is 17.8 Å². The lowest BCUT2D eigenvalue weighted by Crippen LogP contribution is -2.43. The fraction of sp³-hybridized carbons (Fsp3) is 0.433. The molecule has 3 aromatic rings. The van der Waals surface area contributed by atoms with E-state index in [1.807, 2.05) is 39.2 Å². The molecular formula is C30H39N7O2.